The number of pyridine rings is 1. The Balaban J connectivity index is 0.000000614. The van der Waals surface area contributed by atoms with Crippen LogP contribution in [0.2, 0.25) is 0 Å². The summed E-state index contributed by atoms with van der Waals surface area (Å²) in [6.45, 7) is 12.6. The van der Waals surface area contributed by atoms with E-state index in [2.05, 4.69) is 30.6 Å². The number of hydrogen-bond acceptors (Lipinski definition) is 5. The number of thioether (sulfide) groups is 1. The van der Waals surface area contributed by atoms with Gasteiger partial charge in [-0.25, -0.2) is 0 Å². The average Bonchev–Trinajstić information content (AvgIpc) is 3.26. The largest absolute Gasteiger partial charge is 0.379 e. The zero-order valence-electron chi connectivity index (χ0n) is 17.6. The van der Waals surface area contributed by atoms with Gasteiger partial charge >= 0.3 is 0 Å². The van der Waals surface area contributed by atoms with Crippen molar-refractivity contribution in [1.82, 2.24) is 4.98 Å². The molecule has 3 heterocycles. The molecular formula is C21H34BN4S. The minimum absolute atomic E-state index is 0.700. The van der Waals surface area contributed by atoms with Crippen molar-refractivity contribution in [2.45, 2.75) is 53.9 Å². The van der Waals surface area contributed by atoms with Gasteiger partial charge in [-0.1, -0.05) is 33.2 Å². The van der Waals surface area contributed by atoms with E-state index in [1.54, 1.807) is 0 Å². The second kappa shape index (κ2) is 10.9. The van der Waals surface area contributed by atoms with Crippen molar-refractivity contribution in [3.8, 4) is 0 Å². The van der Waals surface area contributed by atoms with Gasteiger partial charge in [-0.2, -0.15) is 0 Å². The van der Waals surface area contributed by atoms with E-state index in [1.165, 1.54) is 45.8 Å². The van der Waals surface area contributed by atoms with Crippen molar-refractivity contribution in [3.63, 3.8) is 0 Å². The molecule has 3 N–H and O–H groups in total. The van der Waals surface area contributed by atoms with Gasteiger partial charge in [-0.3, -0.25) is 9.98 Å². The molecular weight excluding hydrogens is 351 g/mol. The standard InChI is InChI=1S/C17H22BN4S.2C2H6/c1-10-8-13(21-9-14-20-6-7-23-14)16-17(22-10)15(11-2-3-11)12(18-16)4-5-19;2*1-2/h8,11H,2-7,9,19H2,1H3,(H,21,22);2*1-2H3. The van der Waals surface area contributed by atoms with Crippen LogP contribution in [0.5, 0.6) is 0 Å². The highest BCUT2D eigenvalue weighted by Gasteiger charge is 2.36. The van der Waals surface area contributed by atoms with Crippen LogP contribution < -0.4 is 16.5 Å². The molecule has 0 spiro atoms. The fourth-order valence-electron chi connectivity index (χ4n) is 3.43. The summed E-state index contributed by atoms with van der Waals surface area (Å²) >= 11 is 1.86. The number of nitrogens with zero attached hydrogens (tertiary/aromatic N) is 2. The summed E-state index contributed by atoms with van der Waals surface area (Å²) < 4.78 is 0. The Kier molecular flexibility index (Phi) is 8.90. The molecule has 0 unspecified atom stereocenters. The number of rotatable bonds is 6. The fraction of sp³-hybridized carbons (Fsp3) is 0.619. The van der Waals surface area contributed by atoms with Gasteiger partial charge in [-0.05, 0) is 55.8 Å². The first-order valence-corrected chi connectivity index (χ1v) is 11.4. The molecule has 1 aromatic heterocycles. The summed E-state index contributed by atoms with van der Waals surface area (Å²) in [5.74, 6) is 1.82. The molecule has 4 nitrogen and oxygen atoms in total. The highest BCUT2D eigenvalue weighted by atomic mass is 32.2. The molecule has 147 valence electrons. The molecule has 1 aromatic rings. The number of aromatic nitrogens is 1. The topological polar surface area (TPSA) is 63.3 Å². The van der Waals surface area contributed by atoms with Crippen molar-refractivity contribution in [2.75, 3.05) is 30.7 Å². The predicted molar refractivity (Wildman–Crippen MR) is 124 cm³/mol. The molecule has 0 bridgehead atoms. The summed E-state index contributed by atoms with van der Waals surface area (Å²) in [6, 6.07) is 2.16. The molecule has 2 aliphatic heterocycles. The van der Waals surface area contributed by atoms with Gasteiger partial charge in [0.2, 0.25) is 0 Å². The summed E-state index contributed by atoms with van der Waals surface area (Å²) in [7, 11) is 2.31. The Morgan fingerprint density at radius 1 is 1.26 bits per heavy atom. The van der Waals surface area contributed by atoms with E-state index in [9.17, 15) is 0 Å². The van der Waals surface area contributed by atoms with Crippen LogP contribution in [0.25, 0.3) is 5.57 Å². The average molecular weight is 385 g/mol. The molecule has 0 aromatic carbocycles. The van der Waals surface area contributed by atoms with Gasteiger partial charge in [0.15, 0.2) is 7.28 Å². The Morgan fingerprint density at radius 2 is 2.00 bits per heavy atom. The van der Waals surface area contributed by atoms with Crippen LogP contribution in [0.4, 0.5) is 5.69 Å². The predicted octanol–water partition coefficient (Wildman–Crippen LogP) is 3.81. The molecule has 0 amide bonds. The molecule has 1 aliphatic carbocycles. The highest BCUT2D eigenvalue weighted by Crippen LogP contribution is 2.45. The Labute approximate surface area is 170 Å². The minimum atomic E-state index is 0.700. The van der Waals surface area contributed by atoms with Crippen molar-refractivity contribution in [3.05, 3.63) is 22.9 Å². The lowest BCUT2D eigenvalue weighted by molar-refractivity contribution is 0.978. The summed E-state index contributed by atoms with van der Waals surface area (Å²) in [6.07, 6.45) is 3.54. The van der Waals surface area contributed by atoms with Crippen LogP contribution in [0.1, 0.15) is 58.3 Å². The third-order valence-corrected chi connectivity index (χ3v) is 5.58. The number of aryl methyl sites for hydroxylation is 1. The molecule has 1 radical (unpaired) electrons. The zero-order chi connectivity index (χ0) is 19.8. The lowest BCUT2D eigenvalue weighted by atomic mass is 9.65. The number of nitrogens with one attached hydrogen (secondary N) is 1. The number of fused-ring (bicyclic) bond motifs is 1. The number of allylic oxidation sites excluding steroid dienone is 1. The van der Waals surface area contributed by atoms with Crippen LogP contribution in [0.3, 0.4) is 0 Å². The van der Waals surface area contributed by atoms with E-state index in [0.29, 0.717) is 12.5 Å². The highest BCUT2D eigenvalue weighted by molar-refractivity contribution is 8.14. The third-order valence-electron chi connectivity index (χ3n) is 4.58. The van der Waals surface area contributed by atoms with E-state index in [4.69, 9.17) is 10.7 Å². The molecule has 4 rings (SSSR count). The second-order valence-corrected chi connectivity index (χ2v) is 7.62. The van der Waals surface area contributed by atoms with Crippen molar-refractivity contribution in [2.24, 2.45) is 16.6 Å². The maximum absolute atomic E-state index is 5.83. The summed E-state index contributed by atoms with van der Waals surface area (Å²) in [5, 5.41) is 4.80. The van der Waals surface area contributed by atoms with Crippen LogP contribution >= 0.6 is 11.8 Å². The van der Waals surface area contributed by atoms with E-state index >= 15 is 0 Å². The van der Waals surface area contributed by atoms with Gasteiger partial charge in [0.1, 0.15) is 0 Å². The monoisotopic (exact) mass is 385 g/mol. The third kappa shape index (κ3) is 5.38. The maximum Gasteiger partial charge on any atom is 0.192 e. The van der Waals surface area contributed by atoms with E-state index in [-0.39, 0.29) is 0 Å². The molecule has 0 atom stereocenters. The smallest absolute Gasteiger partial charge is 0.192 e. The first-order valence-electron chi connectivity index (χ1n) is 10.5. The van der Waals surface area contributed by atoms with Crippen LogP contribution in [-0.4, -0.2) is 42.7 Å². The normalized spacial score (nSPS) is 17.2. The summed E-state index contributed by atoms with van der Waals surface area (Å²) in [5.41, 5.74) is 13.4. The van der Waals surface area contributed by atoms with Crippen LogP contribution in [-0.2, 0) is 0 Å². The zero-order valence-corrected chi connectivity index (χ0v) is 18.4. The van der Waals surface area contributed by atoms with Gasteiger partial charge in [0, 0.05) is 23.7 Å². The number of aliphatic imine (C=N–C) groups is 1. The number of anilines is 1. The molecule has 0 saturated heterocycles. The van der Waals surface area contributed by atoms with E-state index < -0.39 is 0 Å². The maximum atomic E-state index is 5.83. The molecule has 3 aliphatic rings. The van der Waals surface area contributed by atoms with Crippen molar-refractivity contribution in [1.29, 1.82) is 0 Å². The fourth-order valence-corrected chi connectivity index (χ4v) is 4.21. The minimum Gasteiger partial charge on any atom is -0.379 e. The van der Waals surface area contributed by atoms with Crippen molar-refractivity contribution >= 4 is 40.8 Å². The molecule has 6 heteroatoms. The number of nitrogens with two attached hydrogens (primary N) is 1. The Bertz CT molecular complexity index is 696. The van der Waals surface area contributed by atoms with Crippen molar-refractivity contribution < 1.29 is 0 Å². The van der Waals surface area contributed by atoms with Gasteiger partial charge in [0.05, 0.1) is 17.3 Å². The van der Waals surface area contributed by atoms with Gasteiger partial charge < -0.3 is 11.1 Å². The first kappa shape index (κ1) is 22.0. The summed E-state index contributed by atoms with van der Waals surface area (Å²) in [4.78, 5) is 9.39. The van der Waals surface area contributed by atoms with E-state index in [0.717, 1.165) is 31.0 Å². The number of hydrogen-bond donors (Lipinski definition) is 2. The molecule has 27 heavy (non-hydrogen) atoms. The quantitative estimate of drug-likeness (QED) is 0.731. The SMILES string of the molecule is CC.CC.Cc1cc(NCC2=NCCS2)c2c(n1)C(C1CC1)=C(CCN)[B]2. The lowest BCUT2D eigenvalue weighted by Gasteiger charge is -2.13. The second-order valence-electron chi connectivity index (χ2n) is 6.45. The lowest BCUT2D eigenvalue weighted by Crippen LogP contribution is -2.24. The molecule has 1 saturated carbocycles. The van der Waals surface area contributed by atoms with E-state index in [1.807, 2.05) is 39.5 Å². The Hall–Kier alpha value is -1.27. The van der Waals surface area contributed by atoms with Gasteiger partial charge in [0.25, 0.3) is 0 Å². The van der Waals surface area contributed by atoms with Crippen LogP contribution in [0, 0.1) is 12.8 Å². The first-order chi connectivity index (χ1) is 13.3. The Morgan fingerprint density at radius 3 is 2.59 bits per heavy atom. The van der Waals surface area contributed by atoms with Gasteiger partial charge in [-0.15, -0.1) is 11.8 Å². The molecule has 1 fully saturated rings. The van der Waals surface area contributed by atoms with Crippen LogP contribution in [0.15, 0.2) is 16.5 Å².